The normalized spacial score (nSPS) is 46.6. The Bertz CT molecular complexity index is 1500. The van der Waals surface area contributed by atoms with E-state index in [1.165, 1.54) is 0 Å². The lowest BCUT2D eigenvalue weighted by atomic mass is 9.88. The van der Waals surface area contributed by atoms with Gasteiger partial charge in [0.25, 0.3) is 0 Å². The van der Waals surface area contributed by atoms with Gasteiger partial charge in [0, 0.05) is 35.0 Å². The van der Waals surface area contributed by atoms with Gasteiger partial charge in [-0.05, 0) is 31.8 Å². The van der Waals surface area contributed by atoms with Gasteiger partial charge in [0.2, 0.25) is 0 Å². The molecule has 1 saturated heterocycles. The van der Waals surface area contributed by atoms with Crippen LogP contribution in [-0.4, -0.2) is 34.9 Å². The second kappa shape index (κ2) is 8.41. The lowest BCUT2D eigenvalue weighted by molar-refractivity contribution is 0.0549. The highest BCUT2D eigenvalue weighted by atomic mass is 16.3. The summed E-state index contributed by atoms with van der Waals surface area (Å²) in [6, 6.07) is -16.5. The van der Waals surface area contributed by atoms with Crippen LogP contribution in [0, 0.1) is 0 Å². The third-order valence-electron chi connectivity index (χ3n) is 3.45. The second-order valence-electron chi connectivity index (χ2n) is 5.05. The minimum Gasteiger partial charge on any atom is -0.388 e. The molecule has 2 aromatic rings. The fourth-order valence-corrected chi connectivity index (χ4v) is 2.10. The molecule has 1 aliphatic heterocycles. The van der Waals surface area contributed by atoms with Crippen LogP contribution in [0.2, 0.25) is 0 Å². The number of hydrogen-bond donors (Lipinski definition) is 1. The Balaban J connectivity index is 2.28. The third kappa shape index (κ3) is 4.56. The van der Waals surface area contributed by atoms with Crippen LogP contribution in [-0.2, 0) is 0 Å². The number of nitrogens with zero attached hydrogens (tertiary/aromatic N) is 1. The van der Waals surface area contributed by atoms with Gasteiger partial charge in [0.1, 0.15) is 0 Å². The van der Waals surface area contributed by atoms with Crippen LogP contribution in [0.4, 0.5) is 0 Å². The predicted octanol–water partition coefficient (Wildman–Crippen LogP) is 4.24. The third-order valence-corrected chi connectivity index (χ3v) is 3.45. The van der Waals surface area contributed by atoms with E-state index in [2.05, 4.69) is 0 Å². The number of rotatable bonds is 6. The van der Waals surface area contributed by atoms with Crippen LogP contribution < -0.4 is 0 Å². The summed E-state index contributed by atoms with van der Waals surface area (Å²) in [5, 5.41) is 11.2. The van der Waals surface area contributed by atoms with E-state index >= 15 is 0 Å². The number of likely N-dealkylation sites (tertiary alicyclic amines) is 1. The Labute approximate surface area is 177 Å². The predicted molar refractivity (Wildman–Crippen MR) is 101 cm³/mol. The van der Waals surface area contributed by atoms with Crippen molar-refractivity contribution in [2.45, 2.75) is 50.1 Å². The summed E-state index contributed by atoms with van der Waals surface area (Å²) in [5.74, 6) is -1.46. The second-order valence-corrected chi connectivity index (χ2v) is 5.05. The van der Waals surface area contributed by atoms with Gasteiger partial charge in [-0.25, -0.2) is 0 Å². The zero-order chi connectivity index (χ0) is 34.5. The molecule has 0 bridgehead atoms. The summed E-state index contributed by atoms with van der Waals surface area (Å²) in [4.78, 5) is 13.7. The summed E-state index contributed by atoms with van der Waals surface area (Å²) in [7, 11) is 0.720. The molecule has 0 spiro atoms. The van der Waals surface area contributed by atoms with Crippen LogP contribution in [0.15, 0.2) is 60.4 Å². The standard InChI is InChI=1S/C22H27NO2/c1-23-19(15-21(24)17-9-4-2-5-10-17)13-8-14-20(23)16-22(25)18-11-6-3-7-12-18/h2-7,9-12,19-21,24H,8,13-16H2,1H3/t19-,20+,21+/m0/s1/i2D,3D,4D,5D,6D,7D,8D2,9D,10D,11D,12D,13D2,14D2,19D,20D,21D. The van der Waals surface area contributed by atoms with Gasteiger partial charge in [0.05, 0.1) is 21.2 Å². The number of benzene rings is 2. The highest BCUT2D eigenvalue weighted by Crippen LogP contribution is 2.30. The van der Waals surface area contributed by atoms with Crippen molar-refractivity contribution in [2.75, 3.05) is 7.05 Å². The van der Waals surface area contributed by atoms with Crippen molar-refractivity contribution in [3.8, 4) is 0 Å². The van der Waals surface area contributed by atoms with E-state index in [-0.39, 0.29) is 4.90 Å². The van der Waals surface area contributed by atoms with E-state index in [1.54, 1.807) is 0 Å². The van der Waals surface area contributed by atoms with Crippen molar-refractivity contribution in [3.63, 3.8) is 0 Å². The monoisotopic (exact) mass is 356 g/mol. The van der Waals surface area contributed by atoms with Gasteiger partial charge < -0.3 is 5.11 Å². The molecule has 3 atom stereocenters. The van der Waals surface area contributed by atoms with E-state index in [1.807, 2.05) is 0 Å². The maximum atomic E-state index is 13.4. The molecule has 0 unspecified atom stereocenters. The topological polar surface area (TPSA) is 40.5 Å². The first kappa shape index (κ1) is 5.77. The number of aliphatic hydroxyl groups is 1. The minimum absolute atomic E-state index is 0.226. The summed E-state index contributed by atoms with van der Waals surface area (Å²) >= 11 is 0. The largest absolute Gasteiger partial charge is 0.388 e. The molecule has 132 valence electrons. The molecule has 0 aliphatic carbocycles. The molecule has 1 aliphatic rings. The molecule has 0 saturated carbocycles. The lowest BCUT2D eigenvalue weighted by Crippen LogP contribution is -2.45. The Kier molecular flexibility index (Phi) is 1.94. The molecule has 3 heteroatoms. The van der Waals surface area contributed by atoms with Crippen molar-refractivity contribution >= 4 is 5.78 Å². The molecule has 1 N–H and O–H groups in total. The zero-order valence-corrected chi connectivity index (χ0v) is 13.2. The van der Waals surface area contributed by atoms with Crippen LogP contribution in [0.25, 0.3) is 0 Å². The van der Waals surface area contributed by atoms with Crippen LogP contribution in [0.1, 0.15) is 80.0 Å². The molecule has 0 aromatic heterocycles. The number of ketones is 1. The molecule has 0 radical (unpaired) electrons. The maximum absolute atomic E-state index is 13.4. The van der Waals surface area contributed by atoms with Gasteiger partial charge in [-0.2, -0.15) is 0 Å². The Morgan fingerprint density at radius 2 is 1.84 bits per heavy atom. The van der Waals surface area contributed by atoms with Crippen molar-refractivity contribution in [2.24, 2.45) is 0 Å². The molecule has 3 nitrogen and oxygen atoms in total. The molecule has 2 aromatic carbocycles. The van der Waals surface area contributed by atoms with Gasteiger partial charge >= 0.3 is 0 Å². The smallest absolute Gasteiger partial charge is 0.164 e. The number of carbonyl (C=O) groups is 1. The van der Waals surface area contributed by atoms with E-state index in [9.17, 15) is 9.90 Å². The molecule has 25 heavy (non-hydrogen) atoms. The van der Waals surface area contributed by atoms with E-state index < -0.39 is 127 Å². The summed E-state index contributed by atoms with van der Waals surface area (Å²) < 4.78 is 157. The van der Waals surface area contributed by atoms with Gasteiger partial charge in [-0.3, -0.25) is 9.69 Å². The fourth-order valence-electron chi connectivity index (χ4n) is 2.10. The molecule has 1 heterocycles. The Hall–Kier alpha value is -1.97. The number of carbonyl (C=O) groups excluding carboxylic acids is 1. The number of piperidine rings is 1. The summed E-state index contributed by atoms with van der Waals surface area (Å²) in [6.07, 6.45) is -17.9. The fraction of sp³-hybridized carbons (Fsp3) is 0.409. The van der Waals surface area contributed by atoms with Crippen LogP contribution >= 0.6 is 0 Å². The summed E-state index contributed by atoms with van der Waals surface area (Å²) in [5.41, 5.74) is -2.09. The Morgan fingerprint density at radius 1 is 1.24 bits per heavy atom. The molecule has 3 rings (SSSR count). The average molecular weight is 357 g/mol. The molecular weight excluding hydrogens is 310 g/mol. The van der Waals surface area contributed by atoms with Crippen LogP contribution in [0.3, 0.4) is 0 Å². The number of hydrogen-bond acceptors (Lipinski definition) is 3. The van der Waals surface area contributed by atoms with Crippen molar-refractivity contribution in [1.29, 1.82) is 0 Å². The quantitative estimate of drug-likeness (QED) is 0.787. The zero-order valence-electron chi connectivity index (χ0n) is 32.2. The van der Waals surface area contributed by atoms with Gasteiger partial charge in [0.15, 0.2) is 5.78 Å². The summed E-state index contributed by atoms with van der Waals surface area (Å²) in [6.45, 7) is 0. The first-order valence-corrected chi connectivity index (χ1v) is 7.24. The van der Waals surface area contributed by atoms with Crippen molar-refractivity contribution in [3.05, 3.63) is 71.6 Å². The Morgan fingerprint density at radius 3 is 2.52 bits per heavy atom. The highest BCUT2D eigenvalue weighted by molar-refractivity contribution is 5.96. The van der Waals surface area contributed by atoms with E-state index in [0.717, 1.165) is 7.05 Å². The molecule has 1 fully saturated rings. The van der Waals surface area contributed by atoms with Gasteiger partial charge in [-0.15, -0.1) is 0 Å². The van der Waals surface area contributed by atoms with Crippen molar-refractivity contribution in [1.82, 2.24) is 4.90 Å². The van der Waals surface area contributed by atoms with E-state index in [0.29, 0.717) is 0 Å². The first-order valence-electron chi connectivity index (χ1n) is 16.7. The maximum Gasteiger partial charge on any atom is 0.164 e. The molecule has 0 amide bonds. The SMILES string of the molecule is [2H]c1c([2H])c([2H])c(C(=O)C[C@]2([2H])N(C)[C@]([2H])(C[C@@]([2H])(O)c3c([2H])c([2H])c([2H])c([2H])c3[2H])C([2H])([2H])C([2H])([2H])C2([2H])[2H])c([2H])c1[2H]. The highest BCUT2D eigenvalue weighted by Gasteiger charge is 2.30. The van der Waals surface area contributed by atoms with E-state index in [4.69, 9.17) is 26.0 Å². The lowest BCUT2D eigenvalue weighted by Gasteiger charge is -2.40. The average Bonchev–Trinajstić information content (AvgIpc) is 2.90. The molecular formula is C22H27NO2. The van der Waals surface area contributed by atoms with Gasteiger partial charge in [-0.1, -0.05) is 66.8 Å². The minimum atomic E-state index is -3.87. The van der Waals surface area contributed by atoms with Crippen molar-refractivity contribution < 1.29 is 35.9 Å². The first-order chi connectivity index (χ1) is 19.6. The van der Waals surface area contributed by atoms with Crippen LogP contribution in [0.5, 0.6) is 0 Å². The number of Topliss-reactive ketones (excluding diaryl/α,β-unsaturated/α-hetero) is 1.